The van der Waals surface area contributed by atoms with Crippen molar-refractivity contribution in [3.63, 3.8) is 0 Å². The Morgan fingerprint density at radius 3 is 3.00 bits per heavy atom. The number of rotatable bonds is 5. The van der Waals surface area contributed by atoms with E-state index >= 15 is 0 Å². The van der Waals surface area contributed by atoms with Crippen molar-refractivity contribution in [1.82, 2.24) is 10.2 Å². The minimum Gasteiger partial charge on any atom is -0.504 e. The van der Waals surface area contributed by atoms with Gasteiger partial charge in [0.2, 0.25) is 5.91 Å². The average Bonchev–Trinajstić information content (AvgIpc) is 3.14. The Morgan fingerprint density at radius 1 is 1.42 bits per heavy atom. The Labute approximate surface area is 191 Å². The Balaban J connectivity index is 1.61. The first-order valence-electron chi connectivity index (χ1n) is 11.3. The van der Waals surface area contributed by atoms with Gasteiger partial charge in [-0.15, -0.1) is 0 Å². The summed E-state index contributed by atoms with van der Waals surface area (Å²) in [5.74, 6) is 0.795. The third-order valence-electron chi connectivity index (χ3n) is 8.88. The fourth-order valence-electron chi connectivity index (χ4n) is 7.88. The predicted molar refractivity (Wildman–Crippen MR) is 120 cm³/mol. The lowest BCUT2D eigenvalue weighted by atomic mass is 9.38. The number of nitrogens with zero attached hydrogens (tertiary/aromatic N) is 1. The number of phenols is 1. The number of carbonyl (C=O) groups excluding carboxylic acids is 1. The molecule has 31 heavy (non-hydrogen) atoms. The molecule has 2 spiro atoms. The SMILES string of the molecule is CCCN1CC[C@]23c4c5ccc(O)c4O[C@H]2[C@@]2(OC)C=C[C@@]3(C[C@@H]2NC(=O)CBr)[C@H]1C5. The van der Waals surface area contributed by atoms with Gasteiger partial charge in [-0.25, -0.2) is 0 Å². The Bertz CT molecular complexity index is 998. The topological polar surface area (TPSA) is 71.0 Å². The van der Waals surface area contributed by atoms with Crippen LogP contribution in [0.3, 0.4) is 0 Å². The maximum absolute atomic E-state index is 12.5. The number of phenolic OH excluding ortho intramolecular Hbond substituents is 1. The zero-order chi connectivity index (χ0) is 21.6. The van der Waals surface area contributed by atoms with Crippen LogP contribution in [0.1, 0.15) is 37.3 Å². The standard InChI is InChI=1S/C24H29BrN2O4/c1-3-9-27-10-8-23-19-14-4-5-15(28)20(19)31-21(23)24(30-2)7-6-22(23,17(27)11-14)12-16(24)26-18(29)13-25/h4-7,16-17,21,28H,3,8-13H2,1-2H3,(H,26,29)/t16-,17+,21+,22+,23-,24+/m0/s1. The van der Waals surface area contributed by atoms with Crippen molar-refractivity contribution in [2.24, 2.45) is 5.41 Å². The lowest BCUT2D eigenvalue weighted by Crippen LogP contribution is -2.82. The molecule has 2 heterocycles. The summed E-state index contributed by atoms with van der Waals surface area (Å²) in [7, 11) is 1.71. The maximum Gasteiger partial charge on any atom is 0.230 e. The van der Waals surface area contributed by atoms with E-state index in [4.69, 9.17) is 9.47 Å². The van der Waals surface area contributed by atoms with Crippen molar-refractivity contribution in [2.75, 3.05) is 25.5 Å². The third kappa shape index (κ3) is 2.14. The molecule has 0 unspecified atom stereocenters. The Hall–Kier alpha value is -1.57. The number of benzene rings is 1. The molecule has 2 N–H and O–H groups in total. The van der Waals surface area contributed by atoms with Gasteiger partial charge in [0.05, 0.1) is 16.8 Å². The van der Waals surface area contributed by atoms with Gasteiger partial charge in [-0.2, -0.15) is 0 Å². The van der Waals surface area contributed by atoms with E-state index in [9.17, 15) is 9.90 Å². The van der Waals surface area contributed by atoms with Gasteiger partial charge in [0, 0.05) is 24.1 Å². The van der Waals surface area contributed by atoms with Crippen LogP contribution < -0.4 is 10.1 Å². The molecule has 1 saturated heterocycles. The number of alkyl halides is 1. The van der Waals surface area contributed by atoms with E-state index in [0.29, 0.717) is 11.8 Å². The highest BCUT2D eigenvalue weighted by Gasteiger charge is 2.79. The quantitative estimate of drug-likeness (QED) is 0.492. The van der Waals surface area contributed by atoms with E-state index in [-0.39, 0.29) is 40.0 Å². The summed E-state index contributed by atoms with van der Waals surface area (Å²) in [5.41, 5.74) is 1.31. The van der Waals surface area contributed by atoms with E-state index in [1.807, 2.05) is 0 Å². The van der Waals surface area contributed by atoms with Crippen molar-refractivity contribution in [2.45, 2.75) is 61.8 Å². The molecule has 2 fully saturated rings. The number of fused-ring (bicyclic) bond motifs is 1. The normalized spacial score (nSPS) is 41.1. The molecule has 6 aliphatic rings. The van der Waals surface area contributed by atoms with Gasteiger partial charge in [-0.05, 0) is 50.4 Å². The molecule has 1 aromatic carbocycles. The first kappa shape index (κ1) is 20.1. The second-order valence-corrected chi connectivity index (χ2v) is 10.4. The molecule has 1 aromatic rings. The highest BCUT2D eigenvalue weighted by Crippen LogP contribution is 2.73. The number of likely N-dealkylation sites (tertiary alicyclic amines) is 1. The van der Waals surface area contributed by atoms with Crippen LogP contribution >= 0.6 is 15.9 Å². The molecule has 166 valence electrons. The molecule has 7 rings (SSSR count). The number of ether oxygens (including phenoxy) is 2. The van der Waals surface area contributed by atoms with Crippen LogP contribution in [0.4, 0.5) is 0 Å². The molecule has 4 aliphatic carbocycles. The van der Waals surface area contributed by atoms with E-state index in [1.54, 1.807) is 13.2 Å². The molecule has 4 bridgehead atoms. The molecule has 1 amide bonds. The van der Waals surface area contributed by atoms with Crippen molar-refractivity contribution in [3.05, 3.63) is 35.4 Å². The van der Waals surface area contributed by atoms with Gasteiger partial charge in [0.1, 0.15) is 11.7 Å². The molecule has 6 atom stereocenters. The van der Waals surface area contributed by atoms with Crippen molar-refractivity contribution in [1.29, 1.82) is 0 Å². The van der Waals surface area contributed by atoms with Crippen molar-refractivity contribution >= 4 is 21.8 Å². The highest BCUT2D eigenvalue weighted by atomic mass is 79.9. The summed E-state index contributed by atoms with van der Waals surface area (Å²) >= 11 is 3.30. The van der Waals surface area contributed by atoms with Crippen molar-refractivity contribution in [3.8, 4) is 11.5 Å². The summed E-state index contributed by atoms with van der Waals surface area (Å²) < 4.78 is 12.9. The third-order valence-corrected chi connectivity index (χ3v) is 9.39. The second-order valence-electron chi connectivity index (χ2n) is 9.81. The monoisotopic (exact) mass is 488 g/mol. The van der Waals surface area contributed by atoms with Gasteiger partial charge in [0.25, 0.3) is 0 Å². The number of aromatic hydroxyl groups is 1. The van der Waals surface area contributed by atoms with Crippen LogP contribution in [-0.2, 0) is 21.4 Å². The largest absolute Gasteiger partial charge is 0.504 e. The summed E-state index contributed by atoms with van der Waals surface area (Å²) in [5, 5.41) is 14.3. The highest BCUT2D eigenvalue weighted by molar-refractivity contribution is 9.09. The number of amides is 1. The summed E-state index contributed by atoms with van der Waals surface area (Å²) in [6, 6.07) is 4.02. The maximum atomic E-state index is 12.5. The zero-order valence-corrected chi connectivity index (χ0v) is 19.6. The lowest BCUT2D eigenvalue weighted by Gasteiger charge is -2.71. The number of piperidine rings is 1. The molecular weight excluding hydrogens is 460 g/mol. The minimum absolute atomic E-state index is 0.0433. The van der Waals surface area contributed by atoms with Crippen molar-refractivity contribution < 1.29 is 19.4 Å². The van der Waals surface area contributed by atoms with E-state index in [1.165, 1.54) is 11.1 Å². The molecule has 2 aliphatic heterocycles. The number of methoxy groups -OCH3 is 1. The molecule has 1 saturated carbocycles. The molecular formula is C24H29BrN2O4. The predicted octanol–water partition coefficient (Wildman–Crippen LogP) is 2.66. The second kappa shape index (κ2) is 6.49. The number of carbonyl (C=O) groups is 1. The summed E-state index contributed by atoms with van der Waals surface area (Å²) in [4.78, 5) is 15.1. The molecule has 0 radical (unpaired) electrons. The fourth-order valence-corrected chi connectivity index (χ4v) is 8.04. The average molecular weight is 489 g/mol. The van der Waals surface area contributed by atoms with Gasteiger partial charge in [-0.1, -0.05) is 41.1 Å². The van der Waals surface area contributed by atoms with Crippen LogP contribution in [0.15, 0.2) is 24.3 Å². The number of nitrogens with one attached hydrogen (secondary N) is 1. The van der Waals surface area contributed by atoms with Crippen LogP contribution in [0, 0.1) is 5.41 Å². The van der Waals surface area contributed by atoms with Gasteiger partial charge in [0.15, 0.2) is 11.5 Å². The van der Waals surface area contributed by atoms with Crippen LogP contribution in [0.2, 0.25) is 0 Å². The summed E-state index contributed by atoms with van der Waals surface area (Å²) in [6.07, 6.45) is 8.10. The van der Waals surface area contributed by atoms with Crippen LogP contribution in [0.25, 0.3) is 0 Å². The summed E-state index contributed by atoms with van der Waals surface area (Å²) in [6.45, 7) is 4.32. The van der Waals surface area contributed by atoms with Gasteiger partial charge >= 0.3 is 0 Å². The number of hydrogen-bond acceptors (Lipinski definition) is 5. The lowest BCUT2D eigenvalue weighted by molar-refractivity contribution is -0.202. The first-order chi connectivity index (χ1) is 15.0. The number of halogens is 1. The van der Waals surface area contributed by atoms with E-state index < -0.39 is 5.60 Å². The fraction of sp³-hybridized carbons (Fsp3) is 0.625. The zero-order valence-electron chi connectivity index (χ0n) is 18.0. The Morgan fingerprint density at radius 2 is 2.26 bits per heavy atom. The first-order valence-corrected chi connectivity index (χ1v) is 12.5. The molecule has 6 nitrogen and oxygen atoms in total. The molecule has 0 aromatic heterocycles. The van der Waals surface area contributed by atoms with Gasteiger partial charge < -0.3 is 19.9 Å². The van der Waals surface area contributed by atoms with Crippen LogP contribution in [0.5, 0.6) is 11.5 Å². The van der Waals surface area contributed by atoms with Crippen LogP contribution in [-0.4, -0.2) is 65.2 Å². The van der Waals surface area contributed by atoms with E-state index in [2.05, 4.69) is 51.3 Å². The Kier molecular flexibility index (Phi) is 4.20. The smallest absolute Gasteiger partial charge is 0.230 e. The van der Waals surface area contributed by atoms with Gasteiger partial charge in [-0.3, -0.25) is 9.69 Å². The molecule has 7 heteroatoms. The number of hydrogen-bond donors (Lipinski definition) is 2. The van der Waals surface area contributed by atoms with E-state index in [0.717, 1.165) is 38.8 Å². The minimum atomic E-state index is -0.767.